The molecule has 1 aliphatic heterocycles. The fraction of sp³-hybridized carbons (Fsp3) is 0.348. The van der Waals surface area contributed by atoms with Crippen molar-refractivity contribution in [1.82, 2.24) is 20.1 Å². The lowest BCUT2D eigenvalue weighted by atomic mass is 10.1. The van der Waals surface area contributed by atoms with Gasteiger partial charge in [-0.05, 0) is 36.4 Å². The highest BCUT2D eigenvalue weighted by molar-refractivity contribution is 7.99. The van der Waals surface area contributed by atoms with Gasteiger partial charge in [0.25, 0.3) is 0 Å². The number of hydrogen-bond acceptors (Lipinski definition) is 9. The minimum atomic E-state index is 0.0505. The van der Waals surface area contributed by atoms with Crippen molar-refractivity contribution < 1.29 is 24.1 Å². The minimum Gasteiger partial charge on any atom is -0.508 e. The highest BCUT2D eigenvalue weighted by Gasteiger charge is 2.22. The Bertz CT molecular complexity index is 1100. The van der Waals surface area contributed by atoms with E-state index in [0.717, 1.165) is 24.3 Å². The van der Waals surface area contributed by atoms with Crippen LogP contribution in [-0.2, 0) is 4.79 Å². The number of piperazine rings is 1. The van der Waals surface area contributed by atoms with E-state index in [1.807, 2.05) is 17.0 Å². The molecule has 10 nitrogen and oxygen atoms in total. The number of benzene rings is 2. The van der Waals surface area contributed by atoms with E-state index in [2.05, 4.69) is 20.1 Å². The first-order valence-electron chi connectivity index (χ1n) is 10.7. The van der Waals surface area contributed by atoms with Crippen LogP contribution in [0, 0.1) is 0 Å². The number of anilines is 1. The summed E-state index contributed by atoms with van der Waals surface area (Å²) in [4.78, 5) is 21.3. The molecule has 0 atom stereocenters. The van der Waals surface area contributed by atoms with Crippen molar-refractivity contribution in [2.75, 3.05) is 58.2 Å². The normalized spacial score (nSPS) is 13.6. The van der Waals surface area contributed by atoms with Gasteiger partial charge in [0.1, 0.15) is 5.75 Å². The minimum absolute atomic E-state index is 0.0505. The molecular weight excluding hydrogens is 458 g/mol. The van der Waals surface area contributed by atoms with Crippen molar-refractivity contribution in [2.45, 2.75) is 5.16 Å². The summed E-state index contributed by atoms with van der Waals surface area (Å²) < 4.78 is 16.2. The second-order valence-corrected chi connectivity index (χ2v) is 8.50. The first-order chi connectivity index (χ1) is 16.5. The van der Waals surface area contributed by atoms with Crippen molar-refractivity contribution in [3.8, 4) is 34.4 Å². The SMILES string of the molecule is COc1cc(-c2nc(SCC(=O)N3CCN(c4ccc(O)cc4)CC3)n[nH]2)cc(OC)c1OC. The summed E-state index contributed by atoms with van der Waals surface area (Å²) in [5.74, 6) is 2.62. The number of phenols is 1. The third kappa shape index (κ3) is 5.14. The Labute approximate surface area is 201 Å². The number of carbonyl (C=O) groups excluding carboxylic acids is 1. The van der Waals surface area contributed by atoms with Gasteiger partial charge in [0, 0.05) is 37.4 Å². The average Bonchev–Trinajstić information content (AvgIpc) is 3.36. The number of carbonyl (C=O) groups is 1. The molecule has 11 heteroatoms. The van der Waals surface area contributed by atoms with Gasteiger partial charge in [0.2, 0.25) is 16.8 Å². The van der Waals surface area contributed by atoms with Crippen LogP contribution in [-0.4, -0.2) is 84.4 Å². The van der Waals surface area contributed by atoms with Gasteiger partial charge >= 0.3 is 0 Å². The molecule has 2 heterocycles. The number of aromatic nitrogens is 3. The molecule has 1 aliphatic rings. The number of nitrogens with one attached hydrogen (secondary N) is 1. The molecule has 2 N–H and O–H groups in total. The zero-order chi connectivity index (χ0) is 24.1. The Morgan fingerprint density at radius 3 is 2.26 bits per heavy atom. The molecule has 0 unspecified atom stereocenters. The molecule has 2 aromatic carbocycles. The smallest absolute Gasteiger partial charge is 0.233 e. The molecule has 34 heavy (non-hydrogen) atoms. The molecule has 3 aromatic rings. The summed E-state index contributed by atoms with van der Waals surface area (Å²) in [6, 6.07) is 10.7. The van der Waals surface area contributed by atoms with Crippen LogP contribution in [0.15, 0.2) is 41.6 Å². The molecule has 4 rings (SSSR count). The van der Waals surface area contributed by atoms with E-state index in [1.54, 1.807) is 45.6 Å². The van der Waals surface area contributed by atoms with Gasteiger partial charge in [-0.3, -0.25) is 9.89 Å². The molecule has 1 fully saturated rings. The molecule has 0 spiro atoms. The standard InChI is InChI=1S/C23H27N5O5S/c1-31-18-12-15(13-19(32-2)21(18)33-3)22-24-23(26-25-22)34-14-20(30)28-10-8-27(9-11-28)16-4-6-17(29)7-5-16/h4-7,12-13,29H,8-11,14H2,1-3H3,(H,24,25,26). The molecule has 180 valence electrons. The van der Waals surface area contributed by atoms with Gasteiger partial charge in [-0.25, -0.2) is 4.98 Å². The quantitative estimate of drug-likeness (QED) is 0.465. The van der Waals surface area contributed by atoms with E-state index in [-0.39, 0.29) is 17.4 Å². The molecule has 0 aliphatic carbocycles. The van der Waals surface area contributed by atoms with Gasteiger partial charge in [-0.1, -0.05) is 11.8 Å². The molecule has 1 saturated heterocycles. The average molecular weight is 486 g/mol. The predicted octanol–water partition coefficient (Wildman–Crippen LogP) is 2.64. The van der Waals surface area contributed by atoms with E-state index in [1.165, 1.54) is 11.8 Å². The lowest BCUT2D eigenvalue weighted by Gasteiger charge is -2.36. The fourth-order valence-corrected chi connectivity index (χ4v) is 4.45. The maximum Gasteiger partial charge on any atom is 0.233 e. The molecule has 1 aromatic heterocycles. The summed E-state index contributed by atoms with van der Waals surface area (Å²) >= 11 is 1.29. The van der Waals surface area contributed by atoms with Crippen LogP contribution in [0.5, 0.6) is 23.0 Å². The van der Waals surface area contributed by atoms with Crippen molar-refractivity contribution in [1.29, 1.82) is 0 Å². The van der Waals surface area contributed by atoms with Gasteiger partial charge < -0.3 is 29.1 Å². The maximum absolute atomic E-state index is 12.7. The van der Waals surface area contributed by atoms with Crippen LogP contribution < -0.4 is 19.1 Å². The third-order valence-corrected chi connectivity index (χ3v) is 6.41. The number of aromatic hydroxyl groups is 1. The fourth-order valence-electron chi connectivity index (χ4n) is 3.75. The lowest BCUT2D eigenvalue weighted by Crippen LogP contribution is -2.49. The molecule has 0 radical (unpaired) electrons. The van der Waals surface area contributed by atoms with Crippen LogP contribution in [0.1, 0.15) is 0 Å². The van der Waals surface area contributed by atoms with E-state index < -0.39 is 0 Å². The number of methoxy groups -OCH3 is 3. The van der Waals surface area contributed by atoms with E-state index in [0.29, 0.717) is 41.3 Å². The number of phenolic OH excluding ortho intramolecular Hbond substituents is 1. The predicted molar refractivity (Wildman–Crippen MR) is 129 cm³/mol. The Balaban J connectivity index is 1.34. The van der Waals surface area contributed by atoms with Crippen LogP contribution in [0.4, 0.5) is 5.69 Å². The van der Waals surface area contributed by atoms with Crippen molar-refractivity contribution in [3.63, 3.8) is 0 Å². The topological polar surface area (TPSA) is 113 Å². The van der Waals surface area contributed by atoms with Gasteiger partial charge in [-0.15, -0.1) is 5.10 Å². The zero-order valence-corrected chi connectivity index (χ0v) is 20.1. The number of rotatable bonds is 8. The molecular formula is C23H27N5O5S. The van der Waals surface area contributed by atoms with Crippen LogP contribution in [0.3, 0.4) is 0 Å². The Hall–Kier alpha value is -3.60. The molecule has 1 amide bonds. The highest BCUT2D eigenvalue weighted by atomic mass is 32.2. The number of nitrogens with zero attached hydrogens (tertiary/aromatic N) is 4. The third-order valence-electron chi connectivity index (χ3n) is 5.58. The second kappa shape index (κ2) is 10.6. The van der Waals surface area contributed by atoms with Crippen LogP contribution >= 0.6 is 11.8 Å². The lowest BCUT2D eigenvalue weighted by molar-refractivity contribution is -0.128. The largest absolute Gasteiger partial charge is 0.508 e. The van der Waals surface area contributed by atoms with Gasteiger partial charge in [0.05, 0.1) is 27.1 Å². The number of hydrogen-bond donors (Lipinski definition) is 2. The number of thioether (sulfide) groups is 1. The summed E-state index contributed by atoms with van der Waals surface area (Å²) in [6.07, 6.45) is 0. The van der Waals surface area contributed by atoms with Crippen molar-refractivity contribution in [3.05, 3.63) is 36.4 Å². The van der Waals surface area contributed by atoms with Gasteiger partial charge in [-0.2, -0.15) is 0 Å². The number of H-pyrrole nitrogens is 1. The summed E-state index contributed by atoms with van der Waals surface area (Å²) in [5, 5.41) is 17.1. The summed E-state index contributed by atoms with van der Waals surface area (Å²) in [7, 11) is 4.66. The second-order valence-electron chi connectivity index (χ2n) is 7.55. The number of ether oxygens (including phenoxy) is 3. The molecule has 0 bridgehead atoms. The molecule has 0 saturated carbocycles. The number of aromatic amines is 1. The summed E-state index contributed by atoms with van der Waals surface area (Å²) in [5.41, 5.74) is 1.77. The Kier molecular flexibility index (Phi) is 7.31. The summed E-state index contributed by atoms with van der Waals surface area (Å²) in [6.45, 7) is 2.77. The highest BCUT2D eigenvalue weighted by Crippen LogP contribution is 2.40. The first kappa shape index (κ1) is 23.6. The van der Waals surface area contributed by atoms with Gasteiger partial charge in [0.15, 0.2) is 17.3 Å². The Morgan fingerprint density at radius 1 is 1.03 bits per heavy atom. The maximum atomic E-state index is 12.7. The van der Waals surface area contributed by atoms with E-state index in [9.17, 15) is 9.90 Å². The number of amides is 1. The van der Waals surface area contributed by atoms with E-state index >= 15 is 0 Å². The monoisotopic (exact) mass is 485 g/mol. The van der Waals surface area contributed by atoms with Crippen LogP contribution in [0.25, 0.3) is 11.4 Å². The van der Waals surface area contributed by atoms with Crippen LogP contribution in [0.2, 0.25) is 0 Å². The van der Waals surface area contributed by atoms with Crippen molar-refractivity contribution >= 4 is 23.4 Å². The van der Waals surface area contributed by atoms with E-state index in [4.69, 9.17) is 14.2 Å². The zero-order valence-electron chi connectivity index (χ0n) is 19.3. The van der Waals surface area contributed by atoms with Crippen molar-refractivity contribution in [2.24, 2.45) is 0 Å². The first-order valence-corrected chi connectivity index (χ1v) is 11.7. The Morgan fingerprint density at radius 2 is 1.68 bits per heavy atom.